The van der Waals surface area contributed by atoms with E-state index in [0.29, 0.717) is 5.56 Å². The van der Waals surface area contributed by atoms with E-state index < -0.39 is 6.10 Å². The van der Waals surface area contributed by atoms with Gasteiger partial charge in [0, 0.05) is 5.56 Å². The van der Waals surface area contributed by atoms with E-state index in [1.807, 2.05) is 32.0 Å². The minimum atomic E-state index is -0.394. The van der Waals surface area contributed by atoms with Gasteiger partial charge in [0.05, 0.1) is 12.1 Å². The van der Waals surface area contributed by atoms with Crippen molar-refractivity contribution in [2.45, 2.75) is 51.7 Å². The van der Waals surface area contributed by atoms with Crippen LogP contribution in [-0.2, 0) is 0 Å². The van der Waals surface area contributed by atoms with Crippen molar-refractivity contribution in [1.29, 1.82) is 0 Å². The molecule has 2 N–H and O–H groups in total. The number of aliphatic hydroxyl groups excluding tert-OH is 1. The number of carbonyl (C=O) groups is 1. The molecule has 2 atom stereocenters. The Balaban J connectivity index is 2.04. The number of hydrogen-bond donors (Lipinski definition) is 2. The van der Waals surface area contributed by atoms with Gasteiger partial charge >= 0.3 is 0 Å². The standard InChI is InChI=1S/C15H21NO2/c1-10-7-8-12(9-11(10)2)15(18)16-13-5-3-4-6-14(13)17/h7-9,13-14,17H,3-6H2,1-2H3,(H,16,18)/t13-,14-/m0/s1. The quantitative estimate of drug-likeness (QED) is 0.842. The number of amides is 1. The summed E-state index contributed by atoms with van der Waals surface area (Å²) in [6.07, 6.45) is 3.40. The monoisotopic (exact) mass is 247 g/mol. The van der Waals surface area contributed by atoms with E-state index in [1.165, 1.54) is 5.56 Å². The number of aliphatic hydroxyl groups is 1. The smallest absolute Gasteiger partial charge is 0.251 e. The second-order valence-electron chi connectivity index (χ2n) is 5.23. The molecule has 0 heterocycles. The van der Waals surface area contributed by atoms with Gasteiger partial charge in [-0.25, -0.2) is 0 Å². The van der Waals surface area contributed by atoms with E-state index >= 15 is 0 Å². The molecule has 3 heteroatoms. The van der Waals surface area contributed by atoms with Crippen molar-refractivity contribution in [3.05, 3.63) is 34.9 Å². The van der Waals surface area contributed by atoms with Gasteiger partial charge in [0.1, 0.15) is 0 Å². The Hall–Kier alpha value is -1.35. The molecular weight excluding hydrogens is 226 g/mol. The molecule has 18 heavy (non-hydrogen) atoms. The lowest BCUT2D eigenvalue weighted by Crippen LogP contribution is -2.45. The van der Waals surface area contributed by atoms with Crippen LogP contribution in [0, 0.1) is 13.8 Å². The SMILES string of the molecule is Cc1ccc(C(=O)N[C@H]2CCCC[C@@H]2O)cc1C. The summed E-state index contributed by atoms with van der Waals surface area (Å²) in [5.41, 5.74) is 2.98. The van der Waals surface area contributed by atoms with Crippen LogP contribution in [0.5, 0.6) is 0 Å². The van der Waals surface area contributed by atoms with Crippen LogP contribution in [-0.4, -0.2) is 23.2 Å². The van der Waals surface area contributed by atoms with E-state index in [-0.39, 0.29) is 11.9 Å². The van der Waals surface area contributed by atoms with Crippen molar-refractivity contribution in [2.24, 2.45) is 0 Å². The maximum Gasteiger partial charge on any atom is 0.251 e. The number of nitrogens with one attached hydrogen (secondary N) is 1. The van der Waals surface area contributed by atoms with Crippen molar-refractivity contribution in [1.82, 2.24) is 5.32 Å². The summed E-state index contributed by atoms with van der Waals surface area (Å²) in [5, 5.41) is 12.8. The highest BCUT2D eigenvalue weighted by Crippen LogP contribution is 2.19. The molecule has 0 unspecified atom stereocenters. The predicted octanol–water partition coefficient (Wildman–Crippen LogP) is 2.34. The summed E-state index contributed by atoms with van der Waals surface area (Å²) in [6, 6.07) is 5.61. The lowest BCUT2D eigenvalue weighted by molar-refractivity contribution is 0.0717. The van der Waals surface area contributed by atoms with Crippen molar-refractivity contribution < 1.29 is 9.90 Å². The molecule has 3 nitrogen and oxygen atoms in total. The highest BCUT2D eigenvalue weighted by atomic mass is 16.3. The zero-order valence-corrected chi connectivity index (χ0v) is 11.1. The zero-order chi connectivity index (χ0) is 13.1. The number of aryl methyl sites for hydroxylation is 2. The molecule has 1 saturated carbocycles. The van der Waals surface area contributed by atoms with Gasteiger partial charge < -0.3 is 10.4 Å². The van der Waals surface area contributed by atoms with Crippen LogP contribution in [0.25, 0.3) is 0 Å². The molecule has 0 aliphatic heterocycles. The predicted molar refractivity (Wildman–Crippen MR) is 71.6 cm³/mol. The fourth-order valence-corrected chi connectivity index (χ4v) is 2.41. The zero-order valence-electron chi connectivity index (χ0n) is 11.1. The molecule has 1 fully saturated rings. The minimum Gasteiger partial charge on any atom is -0.391 e. The van der Waals surface area contributed by atoms with Crippen LogP contribution < -0.4 is 5.32 Å². The first-order valence-electron chi connectivity index (χ1n) is 6.64. The van der Waals surface area contributed by atoms with Gasteiger partial charge in [-0.2, -0.15) is 0 Å². The van der Waals surface area contributed by atoms with E-state index in [0.717, 1.165) is 31.2 Å². The first kappa shape index (κ1) is 13.1. The summed E-state index contributed by atoms with van der Waals surface area (Å²) in [5.74, 6) is -0.0796. The summed E-state index contributed by atoms with van der Waals surface area (Å²) in [6.45, 7) is 4.03. The van der Waals surface area contributed by atoms with Gasteiger partial charge in [-0.15, -0.1) is 0 Å². The van der Waals surface area contributed by atoms with E-state index in [1.54, 1.807) is 0 Å². The van der Waals surface area contributed by atoms with E-state index in [9.17, 15) is 9.90 Å². The highest BCUT2D eigenvalue weighted by molar-refractivity contribution is 5.94. The maximum absolute atomic E-state index is 12.1. The molecule has 2 rings (SSSR count). The van der Waals surface area contributed by atoms with Crippen LogP contribution >= 0.6 is 0 Å². The third kappa shape index (κ3) is 2.91. The van der Waals surface area contributed by atoms with Crippen LogP contribution in [0.3, 0.4) is 0 Å². The van der Waals surface area contributed by atoms with Crippen molar-refractivity contribution in [2.75, 3.05) is 0 Å². The first-order valence-corrected chi connectivity index (χ1v) is 6.64. The largest absolute Gasteiger partial charge is 0.391 e. The first-order chi connectivity index (χ1) is 8.58. The van der Waals surface area contributed by atoms with Crippen LogP contribution in [0.15, 0.2) is 18.2 Å². The molecule has 1 aromatic rings. The number of rotatable bonds is 2. The van der Waals surface area contributed by atoms with Crippen molar-refractivity contribution >= 4 is 5.91 Å². The van der Waals surface area contributed by atoms with Gasteiger partial charge in [-0.3, -0.25) is 4.79 Å². The average Bonchev–Trinajstić information content (AvgIpc) is 2.35. The Morgan fingerprint density at radius 3 is 2.61 bits per heavy atom. The Bertz CT molecular complexity index is 442. The van der Waals surface area contributed by atoms with E-state index in [4.69, 9.17) is 0 Å². The molecule has 1 amide bonds. The molecule has 0 aromatic heterocycles. The maximum atomic E-state index is 12.1. The second kappa shape index (κ2) is 5.53. The minimum absolute atomic E-state index is 0.0796. The topological polar surface area (TPSA) is 49.3 Å². The molecule has 0 bridgehead atoms. The molecule has 0 radical (unpaired) electrons. The third-order valence-corrected chi connectivity index (χ3v) is 3.82. The summed E-state index contributed by atoms with van der Waals surface area (Å²) in [7, 11) is 0. The fraction of sp³-hybridized carbons (Fsp3) is 0.533. The third-order valence-electron chi connectivity index (χ3n) is 3.82. The summed E-state index contributed by atoms with van der Waals surface area (Å²) in [4.78, 5) is 12.1. The molecule has 1 aliphatic rings. The Kier molecular flexibility index (Phi) is 4.02. The van der Waals surface area contributed by atoms with Gasteiger partial charge in [0.15, 0.2) is 0 Å². The summed E-state index contributed by atoms with van der Waals surface area (Å²) >= 11 is 0. The van der Waals surface area contributed by atoms with Gasteiger partial charge in [0.2, 0.25) is 0 Å². The highest BCUT2D eigenvalue weighted by Gasteiger charge is 2.24. The number of carbonyl (C=O) groups excluding carboxylic acids is 1. The van der Waals surface area contributed by atoms with Crippen LogP contribution in [0.2, 0.25) is 0 Å². The Morgan fingerprint density at radius 1 is 1.22 bits per heavy atom. The Labute approximate surface area is 108 Å². The second-order valence-corrected chi connectivity index (χ2v) is 5.23. The molecule has 1 aliphatic carbocycles. The summed E-state index contributed by atoms with van der Waals surface area (Å²) < 4.78 is 0. The van der Waals surface area contributed by atoms with Crippen molar-refractivity contribution in [3.8, 4) is 0 Å². The normalized spacial score (nSPS) is 23.7. The average molecular weight is 247 g/mol. The molecular formula is C15H21NO2. The van der Waals surface area contributed by atoms with Gasteiger partial charge in [0.25, 0.3) is 5.91 Å². The van der Waals surface area contributed by atoms with Crippen LogP contribution in [0.4, 0.5) is 0 Å². The number of hydrogen-bond acceptors (Lipinski definition) is 2. The van der Waals surface area contributed by atoms with Gasteiger partial charge in [-0.1, -0.05) is 18.9 Å². The number of benzene rings is 1. The molecule has 0 saturated heterocycles. The molecule has 98 valence electrons. The lowest BCUT2D eigenvalue weighted by atomic mass is 9.92. The molecule has 0 spiro atoms. The molecule has 1 aromatic carbocycles. The van der Waals surface area contributed by atoms with Crippen LogP contribution in [0.1, 0.15) is 47.2 Å². The van der Waals surface area contributed by atoms with Gasteiger partial charge in [-0.05, 0) is 49.9 Å². The Morgan fingerprint density at radius 2 is 1.94 bits per heavy atom. The van der Waals surface area contributed by atoms with Crippen molar-refractivity contribution in [3.63, 3.8) is 0 Å². The van der Waals surface area contributed by atoms with E-state index in [2.05, 4.69) is 5.32 Å². The fourth-order valence-electron chi connectivity index (χ4n) is 2.41. The lowest BCUT2D eigenvalue weighted by Gasteiger charge is -2.28.